The van der Waals surface area contributed by atoms with E-state index in [2.05, 4.69) is 4.98 Å². The Morgan fingerprint density at radius 1 is 1.04 bits per heavy atom. The lowest BCUT2D eigenvalue weighted by atomic mass is 10.1. The van der Waals surface area contributed by atoms with Crippen LogP contribution in [0.3, 0.4) is 0 Å². The third-order valence-corrected chi connectivity index (χ3v) is 3.88. The second kappa shape index (κ2) is 7.81. The van der Waals surface area contributed by atoms with Crippen molar-refractivity contribution in [3.63, 3.8) is 0 Å². The van der Waals surface area contributed by atoms with Gasteiger partial charge < -0.3 is 14.6 Å². The third kappa shape index (κ3) is 4.58. The fourth-order valence-electron chi connectivity index (χ4n) is 2.45. The number of carbonyl (C=O) groups is 1. The van der Waals surface area contributed by atoms with Crippen LogP contribution in [-0.4, -0.2) is 11.0 Å². The second-order valence-corrected chi connectivity index (χ2v) is 5.94. The molecule has 3 rings (SSSR count). The Morgan fingerprint density at radius 3 is 2.60 bits per heavy atom. The zero-order valence-electron chi connectivity index (χ0n) is 13.3. The molecule has 0 atom stereocenters. The first kappa shape index (κ1) is 17.0. The van der Waals surface area contributed by atoms with Crippen molar-refractivity contribution in [2.75, 3.05) is 0 Å². The predicted octanol–water partition coefficient (Wildman–Crippen LogP) is 3.27. The highest BCUT2D eigenvalue weighted by atomic mass is 35.5. The Balaban J connectivity index is 1.81. The molecule has 0 fully saturated rings. The molecule has 25 heavy (non-hydrogen) atoms. The van der Waals surface area contributed by atoms with Crippen molar-refractivity contribution in [1.29, 1.82) is 0 Å². The molecular weight excluding hydrogens is 338 g/mol. The number of aromatic carboxylic acids is 1. The lowest BCUT2D eigenvalue weighted by molar-refractivity contribution is -0.255. The molecule has 1 heterocycles. The van der Waals surface area contributed by atoms with Gasteiger partial charge in [-0.2, -0.15) is 0 Å². The minimum atomic E-state index is -1.30. The molecule has 0 N–H and O–H groups in total. The van der Waals surface area contributed by atoms with Crippen molar-refractivity contribution in [2.45, 2.75) is 13.0 Å². The number of pyridine rings is 1. The lowest BCUT2D eigenvalue weighted by Crippen LogP contribution is -2.23. The predicted molar refractivity (Wildman–Crippen MR) is 93.6 cm³/mol. The molecule has 126 valence electrons. The van der Waals surface area contributed by atoms with Crippen LogP contribution < -0.4 is 9.84 Å². The molecule has 5 heteroatoms. The molecule has 3 aromatic rings. The van der Waals surface area contributed by atoms with Gasteiger partial charge in [-0.05, 0) is 35.9 Å². The van der Waals surface area contributed by atoms with Gasteiger partial charge in [0.1, 0.15) is 12.4 Å². The van der Waals surface area contributed by atoms with Crippen molar-refractivity contribution in [3.05, 3.63) is 94.3 Å². The smallest absolute Gasteiger partial charge is 0.123 e. The second-order valence-electron chi connectivity index (χ2n) is 5.50. The van der Waals surface area contributed by atoms with Crippen molar-refractivity contribution in [1.82, 2.24) is 4.98 Å². The molecule has 0 bridgehead atoms. The molecule has 1 aromatic heterocycles. The molecule has 0 aliphatic heterocycles. The van der Waals surface area contributed by atoms with Crippen LogP contribution in [0.4, 0.5) is 0 Å². The number of halogens is 1. The maximum atomic E-state index is 11.0. The highest BCUT2D eigenvalue weighted by Crippen LogP contribution is 2.26. The average Bonchev–Trinajstić information content (AvgIpc) is 2.62. The van der Waals surface area contributed by atoms with E-state index in [1.165, 1.54) is 6.07 Å². The monoisotopic (exact) mass is 352 g/mol. The van der Waals surface area contributed by atoms with E-state index in [1.54, 1.807) is 24.3 Å². The standard InChI is InChI=1S/C20H16ClNO3/c21-16-9-10-19(25-13-14-5-2-1-3-6-14)15(11-16)12-17-7-4-8-18(22-17)20(23)24/h1-11H,12-13H2,(H,23,24)/p-1. The van der Waals surface area contributed by atoms with Crippen molar-refractivity contribution >= 4 is 17.6 Å². The Labute approximate surface area is 150 Å². The fourth-order valence-corrected chi connectivity index (χ4v) is 2.64. The van der Waals surface area contributed by atoms with Gasteiger partial charge in [0.25, 0.3) is 0 Å². The first-order valence-electron chi connectivity index (χ1n) is 7.74. The summed E-state index contributed by atoms with van der Waals surface area (Å²) in [7, 11) is 0. The van der Waals surface area contributed by atoms with Gasteiger partial charge in [-0.3, -0.25) is 4.98 Å². The maximum Gasteiger partial charge on any atom is 0.123 e. The van der Waals surface area contributed by atoms with Crippen molar-refractivity contribution in [2.24, 2.45) is 0 Å². The number of carbonyl (C=O) groups excluding carboxylic acids is 1. The Bertz CT molecular complexity index is 881. The summed E-state index contributed by atoms with van der Waals surface area (Å²) in [4.78, 5) is 15.1. The molecular formula is C20H15ClNO3-. The van der Waals surface area contributed by atoms with E-state index in [0.29, 0.717) is 29.5 Å². The summed E-state index contributed by atoms with van der Waals surface area (Å²) in [6.07, 6.45) is 0.409. The van der Waals surface area contributed by atoms with Crippen LogP contribution in [0.25, 0.3) is 0 Å². The highest BCUT2D eigenvalue weighted by Gasteiger charge is 2.08. The van der Waals surface area contributed by atoms with Gasteiger partial charge in [-0.15, -0.1) is 0 Å². The van der Waals surface area contributed by atoms with E-state index in [4.69, 9.17) is 16.3 Å². The van der Waals surface area contributed by atoms with Gasteiger partial charge in [0, 0.05) is 22.7 Å². The molecule has 0 unspecified atom stereocenters. The maximum absolute atomic E-state index is 11.0. The van der Waals surface area contributed by atoms with Crippen LogP contribution in [0.1, 0.15) is 27.3 Å². The number of hydrogen-bond donors (Lipinski definition) is 0. The topological polar surface area (TPSA) is 62.2 Å². The van der Waals surface area contributed by atoms with E-state index in [0.717, 1.165) is 11.1 Å². The molecule has 0 radical (unpaired) electrons. The third-order valence-electron chi connectivity index (χ3n) is 3.65. The van der Waals surface area contributed by atoms with Gasteiger partial charge >= 0.3 is 0 Å². The lowest BCUT2D eigenvalue weighted by Gasteiger charge is -2.13. The SMILES string of the molecule is O=C([O-])c1cccc(Cc2cc(Cl)ccc2OCc2ccccc2)n1. The summed E-state index contributed by atoms with van der Waals surface area (Å²) in [6, 6.07) is 20.0. The summed E-state index contributed by atoms with van der Waals surface area (Å²) in [6.45, 7) is 0.433. The summed E-state index contributed by atoms with van der Waals surface area (Å²) in [5.74, 6) is -0.609. The first-order chi connectivity index (χ1) is 12.1. The van der Waals surface area contributed by atoms with Crippen molar-refractivity contribution < 1.29 is 14.6 Å². The van der Waals surface area contributed by atoms with E-state index < -0.39 is 5.97 Å². The van der Waals surface area contributed by atoms with Gasteiger partial charge in [-0.1, -0.05) is 48.0 Å². The first-order valence-corrected chi connectivity index (χ1v) is 8.12. The van der Waals surface area contributed by atoms with E-state index in [9.17, 15) is 9.90 Å². The number of ether oxygens (including phenoxy) is 1. The largest absolute Gasteiger partial charge is 0.543 e. The minimum Gasteiger partial charge on any atom is -0.543 e. The van der Waals surface area contributed by atoms with Crippen LogP contribution >= 0.6 is 11.6 Å². The van der Waals surface area contributed by atoms with E-state index >= 15 is 0 Å². The number of carboxylic acid groups (broad SMARTS) is 1. The number of benzene rings is 2. The molecule has 0 saturated heterocycles. The Morgan fingerprint density at radius 2 is 1.84 bits per heavy atom. The summed E-state index contributed by atoms with van der Waals surface area (Å²) < 4.78 is 5.91. The zero-order valence-corrected chi connectivity index (χ0v) is 14.1. The highest BCUT2D eigenvalue weighted by molar-refractivity contribution is 6.30. The van der Waals surface area contributed by atoms with Crippen LogP contribution in [0.2, 0.25) is 5.02 Å². The fraction of sp³-hybridized carbons (Fsp3) is 0.100. The zero-order chi connectivity index (χ0) is 17.6. The molecule has 4 nitrogen and oxygen atoms in total. The normalized spacial score (nSPS) is 10.4. The van der Waals surface area contributed by atoms with Crippen molar-refractivity contribution in [3.8, 4) is 5.75 Å². The van der Waals surface area contributed by atoms with Gasteiger partial charge in [-0.25, -0.2) is 0 Å². The summed E-state index contributed by atoms with van der Waals surface area (Å²) >= 11 is 6.10. The van der Waals surface area contributed by atoms with Crippen LogP contribution in [0.15, 0.2) is 66.7 Å². The summed E-state index contributed by atoms with van der Waals surface area (Å²) in [5, 5.41) is 11.5. The number of hydrogen-bond acceptors (Lipinski definition) is 4. The number of nitrogens with zero attached hydrogens (tertiary/aromatic N) is 1. The molecule has 0 saturated carbocycles. The molecule has 0 aliphatic carbocycles. The molecule has 0 aliphatic rings. The van der Waals surface area contributed by atoms with Gasteiger partial charge in [0.2, 0.25) is 0 Å². The number of rotatable bonds is 6. The minimum absolute atomic E-state index is 0.0914. The van der Waals surface area contributed by atoms with E-state index in [1.807, 2.05) is 36.4 Å². The van der Waals surface area contributed by atoms with Crippen LogP contribution in [-0.2, 0) is 13.0 Å². The number of aromatic nitrogens is 1. The van der Waals surface area contributed by atoms with Crippen LogP contribution in [0, 0.1) is 0 Å². The molecule has 0 spiro atoms. The quantitative estimate of drug-likeness (QED) is 0.683. The van der Waals surface area contributed by atoms with Gasteiger partial charge in [0.05, 0.1) is 11.7 Å². The number of carboxylic acids is 1. The molecule has 2 aromatic carbocycles. The average molecular weight is 353 g/mol. The Hall–Kier alpha value is -2.85. The van der Waals surface area contributed by atoms with E-state index in [-0.39, 0.29) is 5.69 Å². The van der Waals surface area contributed by atoms with Gasteiger partial charge in [0.15, 0.2) is 0 Å². The van der Waals surface area contributed by atoms with Crippen LogP contribution in [0.5, 0.6) is 5.75 Å². The Kier molecular flexibility index (Phi) is 5.31. The summed E-state index contributed by atoms with van der Waals surface area (Å²) in [5.41, 5.74) is 2.41. The molecule has 0 amide bonds.